The average molecular weight is 232 g/mol. The maximum atomic E-state index is 6.17. The molecule has 0 bridgehead atoms. The third kappa shape index (κ3) is 2.56. The number of nitrogens with zero attached hydrogens (tertiary/aromatic N) is 1. The van der Waals surface area contributed by atoms with Crippen LogP contribution in [0.2, 0.25) is 0 Å². The Kier molecular flexibility index (Phi) is 3.60. The number of para-hydroxylation sites is 1. The molecule has 0 aromatic heterocycles. The molecule has 0 unspecified atom stereocenters. The van der Waals surface area contributed by atoms with Crippen LogP contribution in [0.1, 0.15) is 32.3 Å². The first kappa shape index (κ1) is 12.3. The van der Waals surface area contributed by atoms with Crippen molar-refractivity contribution < 1.29 is 0 Å². The lowest BCUT2D eigenvalue weighted by Crippen LogP contribution is -2.35. The van der Waals surface area contributed by atoms with Gasteiger partial charge in [0, 0.05) is 13.1 Å². The molecule has 1 fully saturated rings. The molecule has 2 N–H and O–H groups in total. The summed E-state index contributed by atoms with van der Waals surface area (Å²) in [6.45, 7) is 9.05. The number of nitrogen functional groups attached to an aromatic ring is 1. The molecule has 0 amide bonds. The van der Waals surface area contributed by atoms with Crippen molar-refractivity contribution >= 4 is 11.4 Å². The van der Waals surface area contributed by atoms with Crippen molar-refractivity contribution in [2.75, 3.05) is 23.7 Å². The Morgan fingerprint density at radius 1 is 1.24 bits per heavy atom. The summed E-state index contributed by atoms with van der Waals surface area (Å²) in [5.41, 5.74) is 9.54. The average Bonchev–Trinajstić information content (AvgIpc) is 2.33. The maximum absolute atomic E-state index is 6.17. The maximum Gasteiger partial charge on any atom is 0.0602 e. The highest BCUT2D eigenvalue weighted by Crippen LogP contribution is 2.31. The molecule has 2 rings (SSSR count). The number of rotatable bonds is 2. The van der Waals surface area contributed by atoms with Crippen LogP contribution >= 0.6 is 0 Å². The number of piperidine rings is 1. The first-order chi connectivity index (χ1) is 8.09. The van der Waals surface area contributed by atoms with Gasteiger partial charge in [-0.3, -0.25) is 0 Å². The van der Waals surface area contributed by atoms with Gasteiger partial charge < -0.3 is 10.6 Å². The summed E-state index contributed by atoms with van der Waals surface area (Å²) in [5.74, 6) is 1.70. The van der Waals surface area contributed by atoms with Crippen molar-refractivity contribution in [3.8, 4) is 0 Å². The molecule has 0 spiro atoms. The first-order valence-electron chi connectivity index (χ1n) is 6.69. The van der Waals surface area contributed by atoms with E-state index in [1.165, 1.54) is 24.1 Å². The quantitative estimate of drug-likeness (QED) is 0.791. The van der Waals surface area contributed by atoms with Crippen LogP contribution in [0.25, 0.3) is 0 Å². The number of nitrogens with two attached hydrogens (primary N) is 1. The van der Waals surface area contributed by atoms with E-state index in [4.69, 9.17) is 5.73 Å². The smallest absolute Gasteiger partial charge is 0.0602 e. The number of aryl methyl sites for hydroxylation is 1. The zero-order chi connectivity index (χ0) is 12.4. The van der Waals surface area contributed by atoms with E-state index in [1.54, 1.807) is 0 Å². The van der Waals surface area contributed by atoms with Gasteiger partial charge in [-0.15, -0.1) is 0 Å². The topological polar surface area (TPSA) is 29.3 Å². The van der Waals surface area contributed by atoms with Crippen LogP contribution in [-0.4, -0.2) is 13.1 Å². The summed E-state index contributed by atoms with van der Waals surface area (Å²) < 4.78 is 0. The van der Waals surface area contributed by atoms with Gasteiger partial charge >= 0.3 is 0 Å². The van der Waals surface area contributed by atoms with E-state index in [0.717, 1.165) is 30.6 Å². The molecular weight excluding hydrogens is 208 g/mol. The van der Waals surface area contributed by atoms with Gasteiger partial charge in [0.2, 0.25) is 0 Å². The van der Waals surface area contributed by atoms with E-state index >= 15 is 0 Å². The molecule has 0 saturated carbocycles. The molecule has 1 saturated heterocycles. The van der Waals surface area contributed by atoms with Crippen LogP contribution in [-0.2, 0) is 0 Å². The fourth-order valence-electron chi connectivity index (χ4n) is 2.75. The highest BCUT2D eigenvalue weighted by atomic mass is 15.1. The van der Waals surface area contributed by atoms with Crippen molar-refractivity contribution in [3.63, 3.8) is 0 Å². The third-order valence-electron chi connectivity index (χ3n) is 4.12. The van der Waals surface area contributed by atoms with Gasteiger partial charge in [-0.25, -0.2) is 0 Å². The molecule has 1 heterocycles. The van der Waals surface area contributed by atoms with E-state index in [0.29, 0.717) is 0 Å². The van der Waals surface area contributed by atoms with E-state index < -0.39 is 0 Å². The highest BCUT2D eigenvalue weighted by Gasteiger charge is 2.22. The van der Waals surface area contributed by atoms with Gasteiger partial charge in [0.15, 0.2) is 0 Å². The lowest BCUT2D eigenvalue weighted by atomic mass is 9.86. The first-order valence-corrected chi connectivity index (χ1v) is 6.69. The Morgan fingerprint density at radius 2 is 1.88 bits per heavy atom. The molecule has 0 radical (unpaired) electrons. The number of benzene rings is 1. The van der Waals surface area contributed by atoms with E-state index in [9.17, 15) is 0 Å². The minimum atomic E-state index is 0.812. The molecule has 1 aliphatic rings. The molecule has 17 heavy (non-hydrogen) atoms. The van der Waals surface area contributed by atoms with E-state index in [-0.39, 0.29) is 0 Å². The second-order valence-corrected chi connectivity index (χ2v) is 5.58. The fraction of sp³-hybridized carbons (Fsp3) is 0.600. The lowest BCUT2D eigenvalue weighted by molar-refractivity contribution is 0.311. The predicted octanol–water partition coefficient (Wildman–Crippen LogP) is 3.45. The molecular formula is C15H24N2. The van der Waals surface area contributed by atoms with Crippen LogP contribution in [0.15, 0.2) is 18.2 Å². The van der Waals surface area contributed by atoms with Crippen LogP contribution in [0.3, 0.4) is 0 Å². The Labute approximate surface area is 105 Å². The van der Waals surface area contributed by atoms with Gasteiger partial charge in [-0.1, -0.05) is 26.0 Å². The van der Waals surface area contributed by atoms with Gasteiger partial charge in [-0.2, -0.15) is 0 Å². The molecule has 1 aromatic rings. The second kappa shape index (κ2) is 4.99. The molecule has 2 heteroatoms. The zero-order valence-electron chi connectivity index (χ0n) is 11.2. The summed E-state index contributed by atoms with van der Waals surface area (Å²) in [7, 11) is 0. The van der Waals surface area contributed by atoms with Crippen molar-refractivity contribution in [1.29, 1.82) is 0 Å². The minimum absolute atomic E-state index is 0.812. The van der Waals surface area contributed by atoms with E-state index in [2.05, 4.69) is 43.9 Å². The van der Waals surface area contributed by atoms with E-state index in [1.807, 2.05) is 0 Å². The van der Waals surface area contributed by atoms with Gasteiger partial charge in [-0.05, 0) is 43.2 Å². The molecule has 0 aliphatic carbocycles. The Balaban J connectivity index is 2.08. The van der Waals surface area contributed by atoms with Crippen molar-refractivity contribution in [2.24, 2.45) is 11.8 Å². The van der Waals surface area contributed by atoms with Gasteiger partial charge in [0.1, 0.15) is 0 Å². The monoisotopic (exact) mass is 232 g/mol. The van der Waals surface area contributed by atoms with Crippen LogP contribution in [0.4, 0.5) is 11.4 Å². The van der Waals surface area contributed by atoms with Crippen molar-refractivity contribution in [1.82, 2.24) is 0 Å². The lowest BCUT2D eigenvalue weighted by Gasteiger charge is -2.36. The normalized spacial score (nSPS) is 17.8. The molecule has 0 atom stereocenters. The standard InChI is InChI=1S/C15H24N2/c1-11(2)13-7-9-17(10-8-13)14-6-4-5-12(3)15(14)16/h4-6,11,13H,7-10,16H2,1-3H3. The Hall–Kier alpha value is -1.18. The summed E-state index contributed by atoms with van der Waals surface area (Å²) in [6, 6.07) is 6.34. The third-order valence-corrected chi connectivity index (χ3v) is 4.12. The number of anilines is 2. The van der Waals surface area contributed by atoms with Gasteiger partial charge in [0.05, 0.1) is 11.4 Å². The second-order valence-electron chi connectivity index (χ2n) is 5.58. The SMILES string of the molecule is Cc1cccc(N2CCC(C(C)C)CC2)c1N. The number of hydrogen-bond donors (Lipinski definition) is 1. The van der Waals surface area contributed by atoms with Crippen LogP contribution in [0.5, 0.6) is 0 Å². The summed E-state index contributed by atoms with van der Waals surface area (Å²) in [4.78, 5) is 2.45. The van der Waals surface area contributed by atoms with Crippen LogP contribution in [0, 0.1) is 18.8 Å². The van der Waals surface area contributed by atoms with Crippen LogP contribution < -0.4 is 10.6 Å². The number of hydrogen-bond acceptors (Lipinski definition) is 2. The highest BCUT2D eigenvalue weighted by molar-refractivity contribution is 5.71. The molecule has 94 valence electrons. The molecule has 2 nitrogen and oxygen atoms in total. The van der Waals surface area contributed by atoms with Crippen molar-refractivity contribution in [3.05, 3.63) is 23.8 Å². The molecule has 1 aromatic carbocycles. The predicted molar refractivity (Wildman–Crippen MR) is 75.4 cm³/mol. The largest absolute Gasteiger partial charge is 0.397 e. The fourth-order valence-corrected chi connectivity index (χ4v) is 2.75. The minimum Gasteiger partial charge on any atom is -0.397 e. The zero-order valence-corrected chi connectivity index (χ0v) is 11.2. The molecule has 1 aliphatic heterocycles. The Morgan fingerprint density at radius 3 is 2.47 bits per heavy atom. The summed E-state index contributed by atoms with van der Waals surface area (Å²) >= 11 is 0. The van der Waals surface area contributed by atoms with Gasteiger partial charge in [0.25, 0.3) is 0 Å². The summed E-state index contributed by atoms with van der Waals surface area (Å²) in [6.07, 6.45) is 2.59. The van der Waals surface area contributed by atoms with Crippen molar-refractivity contribution in [2.45, 2.75) is 33.6 Å². The summed E-state index contributed by atoms with van der Waals surface area (Å²) in [5, 5.41) is 0. The Bertz CT molecular complexity index is 377.